The first-order valence-electron chi connectivity index (χ1n) is 8.93. The van der Waals surface area contributed by atoms with Gasteiger partial charge in [0.2, 0.25) is 0 Å². The van der Waals surface area contributed by atoms with Gasteiger partial charge in [-0.15, -0.1) is 0 Å². The fourth-order valence-corrected chi connectivity index (χ4v) is 3.25. The van der Waals surface area contributed by atoms with Crippen molar-refractivity contribution in [2.75, 3.05) is 19.6 Å². The molecule has 0 bridgehead atoms. The molecule has 134 valence electrons. The second kappa shape index (κ2) is 8.16. The number of aromatic nitrogens is 2. The van der Waals surface area contributed by atoms with Gasteiger partial charge in [0.1, 0.15) is 0 Å². The van der Waals surface area contributed by atoms with E-state index in [-0.39, 0.29) is 12.1 Å². The largest absolute Gasteiger partial charge is 0.393 e. The lowest BCUT2D eigenvalue weighted by molar-refractivity contribution is 0.0799. The third-order valence-corrected chi connectivity index (χ3v) is 4.90. The molecule has 1 aromatic carbocycles. The van der Waals surface area contributed by atoms with Gasteiger partial charge < -0.3 is 15.3 Å². The van der Waals surface area contributed by atoms with Gasteiger partial charge in [-0.3, -0.25) is 0 Å². The van der Waals surface area contributed by atoms with Gasteiger partial charge >= 0.3 is 6.03 Å². The summed E-state index contributed by atoms with van der Waals surface area (Å²) < 4.78 is 1.82. The van der Waals surface area contributed by atoms with E-state index in [0.29, 0.717) is 12.5 Å². The minimum Gasteiger partial charge on any atom is -0.393 e. The minimum atomic E-state index is -0.282. The highest BCUT2D eigenvalue weighted by Crippen LogP contribution is 2.20. The van der Waals surface area contributed by atoms with Crippen molar-refractivity contribution in [3.05, 3.63) is 48.3 Å². The highest BCUT2D eigenvalue weighted by molar-refractivity contribution is 5.74. The Bertz CT molecular complexity index is 659. The molecule has 2 aromatic rings. The van der Waals surface area contributed by atoms with Crippen molar-refractivity contribution in [1.29, 1.82) is 0 Å². The number of aliphatic hydroxyl groups is 1. The van der Waals surface area contributed by atoms with Gasteiger partial charge in [-0.2, -0.15) is 5.10 Å². The molecular formula is C19H26N4O2. The van der Waals surface area contributed by atoms with Crippen LogP contribution in [-0.2, 0) is 6.42 Å². The van der Waals surface area contributed by atoms with Gasteiger partial charge in [-0.1, -0.05) is 12.1 Å². The van der Waals surface area contributed by atoms with Crippen molar-refractivity contribution < 1.29 is 9.90 Å². The topological polar surface area (TPSA) is 70.4 Å². The molecular weight excluding hydrogens is 316 g/mol. The molecule has 6 heteroatoms. The SMILES string of the molecule is CC(O)C1CCN(C(=O)NCCc2ccc(-n3cccn3)cc2)CC1. The standard InChI is InChI=1S/C19H26N4O2/c1-15(24)17-8-13-22(14-9-17)19(25)20-11-7-16-3-5-18(6-4-16)23-12-2-10-21-23/h2-6,10,12,15,17,24H,7-9,11,13-14H2,1H3,(H,20,25). The summed E-state index contributed by atoms with van der Waals surface area (Å²) in [5, 5.41) is 16.8. The van der Waals surface area contributed by atoms with E-state index in [4.69, 9.17) is 0 Å². The van der Waals surface area contributed by atoms with Crippen molar-refractivity contribution in [3.63, 3.8) is 0 Å². The van der Waals surface area contributed by atoms with Crippen molar-refractivity contribution in [2.45, 2.75) is 32.3 Å². The number of rotatable bonds is 5. The molecule has 0 saturated carbocycles. The number of hydrogen-bond donors (Lipinski definition) is 2. The smallest absolute Gasteiger partial charge is 0.317 e. The van der Waals surface area contributed by atoms with E-state index in [2.05, 4.69) is 22.5 Å². The second-order valence-corrected chi connectivity index (χ2v) is 6.66. The zero-order chi connectivity index (χ0) is 17.6. The monoisotopic (exact) mass is 342 g/mol. The van der Waals surface area contributed by atoms with Crippen LogP contribution in [0.2, 0.25) is 0 Å². The molecule has 0 aliphatic carbocycles. The van der Waals surface area contributed by atoms with Gasteiger partial charge in [0.05, 0.1) is 11.8 Å². The Morgan fingerprint density at radius 1 is 1.32 bits per heavy atom. The molecule has 1 aliphatic rings. The summed E-state index contributed by atoms with van der Waals surface area (Å²) in [6, 6.07) is 10.1. The molecule has 2 heterocycles. The summed E-state index contributed by atoms with van der Waals surface area (Å²) in [6.45, 7) is 3.90. The van der Waals surface area contributed by atoms with Crippen LogP contribution in [0.3, 0.4) is 0 Å². The van der Waals surface area contributed by atoms with E-state index in [1.165, 1.54) is 5.56 Å². The van der Waals surface area contributed by atoms with Crippen molar-refractivity contribution in [3.8, 4) is 5.69 Å². The van der Waals surface area contributed by atoms with E-state index >= 15 is 0 Å². The first kappa shape index (κ1) is 17.5. The highest BCUT2D eigenvalue weighted by Gasteiger charge is 2.25. The van der Waals surface area contributed by atoms with Gasteiger partial charge in [0.15, 0.2) is 0 Å². The third kappa shape index (κ3) is 4.60. The van der Waals surface area contributed by atoms with E-state index in [1.807, 2.05) is 40.9 Å². The molecule has 1 unspecified atom stereocenters. The van der Waals surface area contributed by atoms with Crippen LogP contribution >= 0.6 is 0 Å². The Morgan fingerprint density at radius 3 is 2.64 bits per heavy atom. The summed E-state index contributed by atoms with van der Waals surface area (Å²) in [7, 11) is 0. The van der Waals surface area contributed by atoms with Crippen LogP contribution in [0.1, 0.15) is 25.3 Å². The minimum absolute atomic E-state index is 0.00259. The summed E-state index contributed by atoms with van der Waals surface area (Å²) in [6.07, 6.45) is 5.94. The summed E-state index contributed by atoms with van der Waals surface area (Å²) in [5.41, 5.74) is 2.21. The molecule has 1 aliphatic heterocycles. The van der Waals surface area contributed by atoms with Gasteiger partial charge in [0.25, 0.3) is 0 Å². The predicted molar refractivity (Wildman–Crippen MR) is 96.6 cm³/mol. The maximum Gasteiger partial charge on any atom is 0.317 e. The summed E-state index contributed by atoms with van der Waals surface area (Å²) in [4.78, 5) is 14.1. The van der Waals surface area contributed by atoms with Crippen LogP contribution in [0.25, 0.3) is 5.69 Å². The number of nitrogens with zero attached hydrogens (tertiary/aromatic N) is 3. The van der Waals surface area contributed by atoms with Gasteiger partial charge in [-0.25, -0.2) is 9.48 Å². The van der Waals surface area contributed by atoms with Gasteiger partial charge in [-0.05, 0) is 55.9 Å². The normalized spacial score (nSPS) is 16.6. The number of urea groups is 1. The zero-order valence-electron chi connectivity index (χ0n) is 14.6. The number of carbonyl (C=O) groups is 1. The fraction of sp³-hybridized carbons (Fsp3) is 0.474. The Hall–Kier alpha value is -2.34. The average Bonchev–Trinajstić information content (AvgIpc) is 3.17. The average molecular weight is 342 g/mol. The van der Waals surface area contributed by atoms with Crippen LogP contribution in [0.15, 0.2) is 42.7 Å². The van der Waals surface area contributed by atoms with Crippen LogP contribution in [0, 0.1) is 5.92 Å². The highest BCUT2D eigenvalue weighted by atomic mass is 16.3. The molecule has 6 nitrogen and oxygen atoms in total. The number of amides is 2. The fourth-order valence-electron chi connectivity index (χ4n) is 3.25. The number of piperidine rings is 1. The first-order valence-corrected chi connectivity index (χ1v) is 8.93. The summed E-state index contributed by atoms with van der Waals surface area (Å²) >= 11 is 0. The van der Waals surface area contributed by atoms with Crippen LogP contribution in [-0.4, -0.2) is 51.6 Å². The van der Waals surface area contributed by atoms with E-state index in [1.54, 1.807) is 6.20 Å². The maximum atomic E-state index is 12.2. The predicted octanol–water partition coefficient (Wildman–Crippen LogP) is 2.22. The van der Waals surface area contributed by atoms with Crippen LogP contribution < -0.4 is 5.32 Å². The van der Waals surface area contributed by atoms with Crippen LogP contribution in [0.4, 0.5) is 4.79 Å². The molecule has 0 spiro atoms. The Balaban J connectivity index is 1.41. The number of hydrogen-bond acceptors (Lipinski definition) is 3. The Kier molecular flexibility index (Phi) is 5.71. The zero-order valence-corrected chi connectivity index (χ0v) is 14.6. The van der Waals surface area contributed by atoms with Crippen molar-refractivity contribution in [2.24, 2.45) is 5.92 Å². The molecule has 3 rings (SSSR count). The van der Waals surface area contributed by atoms with Crippen molar-refractivity contribution in [1.82, 2.24) is 20.0 Å². The summed E-state index contributed by atoms with van der Waals surface area (Å²) in [5.74, 6) is 0.317. The van der Waals surface area contributed by atoms with E-state index in [9.17, 15) is 9.90 Å². The first-order chi connectivity index (χ1) is 12.1. The Labute approximate surface area is 148 Å². The molecule has 25 heavy (non-hydrogen) atoms. The lowest BCUT2D eigenvalue weighted by atomic mass is 9.92. The lowest BCUT2D eigenvalue weighted by Gasteiger charge is -2.33. The van der Waals surface area contributed by atoms with E-state index in [0.717, 1.165) is 38.0 Å². The molecule has 2 N–H and O–H groups in total. The number of carbonyl (C=O) groups excluding carboxylic acids is 1. The molecule has 1 fully saturated rings. The second-order valence-electron chi connectivity index (χ2n) is 6.66. The maximum absolute atomic E-state index is 12.2. The van der Waals surface area contributed by atoms with E-state index < -0.39 is 0 Å². The lowest BCUT2D eigenvalue weighted by Crippen LogP contribution is -2.46. The number of aliphatic hydroxyl groups excluding tert-OH is 1. The van der Waals surface area contributed by atoms with Crippen LogP contribution in [0.5, 0.6) is 0 Å². The molecule has 0 radical (unpaired) electrons. The van der Waals surface area contributed by atoms with Gasteiger partial charge in [0, 0.05) is 32.0 Å². The molecule has 1 atom stereocenters. The van der Waals surface area contributed by atoms with Crippen molar-refractivity contribution >= 4 is 6.03 Å². The third-order valence-electron chi connectivity index (χ3n) is 4.90. The quantitative estimate of drug-likeness (QED) is 0.875. The molecule has 1 saturated heterocycles. The number of benzene rings is 1. The number of likely N-dealkylation sites (tertiary alicyclic amines) is 1. The Morgan fingerprint density at radius 2 is 2.04 bits per heavy atom. The molecule has 2 amide bonds. The molecule has 1 aromatic heterocycles. The number of nitrogens with one attached hydrogen (secondary N) is 1.